The van der Waals surface area contributed by atoms with Gasteiger partial charge in [-0.15, -0.1) is 11.3 Å². The van der Waals surface area contributed by atoms with Crippen LogP contribution in [0.5, 0.6) is 0 Å². The minimum Gasteiger partial charge on any atom is -0.365 e. The summed E-state index contributed by atoms with van der Waals surface area (Å²) >= 11 is 5.10. The summed E-state index contributed by atoms with van der Waals surface area (Å²) in [6, 6.07) is 3.45. The Morgan fingerprint density at radius 3 is 3.06 bits per heavy atom. The zero-order valence-corrected chi connectivity index (χ0v) is 11.0. The van der Waals surface area contributed by atoms with Gasteiger partial charge in [0, 0.05) is 15.4 Å². The second-order valence-corrected chi connectivity index (χ2v) is 5.12. The molecule has 2 aromatic rings. The molecule has 6 heteroatoms. The third kappa shape index (κ3) is 2.70. The van der Waals surface area contributed by atoms with Crippen molar-refractivity contribution in [3.05, 3.63) is 43.0 Å². The number of aromatic nitrogens is 2. The van der Waals surface area contributed by atoms with E-state index in [1.807, 2.05) is 11.4 Å². The van der Waals surface area contributed by atoms with Crippen LogP contribution in [0.15, 0.2) is 26.8 Å². The molecule has 2 rings (SSSR count). The first-order chi connectivity index (χ1) is 7.65. The Hall–Kier alpha value is -1.14. The predicted octanol–water partition coefficient (Wildman–Crippen LogP) is 2.51. The Labute approximate surface area is 105 Å². The van der Waals surface area contributed by atoms with Crippen molar-refractivity contribution in [3.63, 3.8) is 0 Å². The minimum absolute atomic E-state index is 0.139. The molecule has 0 aliphatic rings. The third-order valence-corrected chi connectivity index (χ3v) is 3.91. The smallest absolute Gasteiger partial charge is 0.252 e. The third-order valence-electron chi connectivity index (χ3n) is 1.98. The molecular formula is C10H10BrN3OS. The van der Waals surface area contributed by atoms with Crippen molar-refractivity contribution < 1.29 is 0 Å². The number of nitrogens with zero attached hydrogens (tertiary/aromatic N) is 1. The number of nitrogens with one attached hydrogen (secondary N) is 2. The first-order valence-corrected chi connectivity index (χ1v) is 6.36. The number of halogens is 1. The molecule has 2 N–H and O–H groups in total. The van der Waals surface area contributed by atoms with Gasteiger partial charge in [-0.1, -0.05) is 0 Å². The van der Waals surface area contributed by atoms with Gasteiger partial charge >= 0.3 is 0 Å². The lowest BCUT2D eigenvalue weighted by atomic mass is 10.4. The average Bonchev–Trinajstić information content (AvgIpc) is 2.59. The predicted molar refractivity (Wildman–Crippen MR) is 68.9 cm³/mol. The lowest BCUT2D eigenvalue weighted by Gasteiger charge is -2.04. The van der Waals surface area contributed by atoms with Crippen LogP contribution in [0.25, 0.3) is 0 Å². The van der Waals surface area contributed by atoms with E-state index in [0.29, 0.717) is 18.2 Å². The first kappa shape index (κ1) is 11.3. The monoisotopic (exact) mass is 299 g/mol. The van der Waals surface area contributed by atoms with Crippen LogP contribution < -0.4 is 10.9 Å². The number of H-pyrrole nitrogens is 1. The number of rotatable bonds is 3. The first-order valence-electron chi connectivity index (χ1n) is 4.69. The molecule has 16 heavy (non-hydrogen) atoms. The van der Waals surface area contributed by atoms with E-state index >= 15 is 0 Å². The molecule has 0 amide bonds. The number of thiophene rings is 1. The maximum Gasteiger partial charge on any atom is 0.252 e. The van der Waals surface area contributed by atoms with E-state index in [1.165, 1.54) is 10.9 Å². The molecule has 0 aromatic carbocycles. The van der Waals surface area contributed by atoms with Gasteiger partial charge < -0.3 is 10.3 Å². The molecule has 4 nitrogen and oxygen atoms in total. The van der Waals surface area contributed by atoms with Gasteiger partial charge in [-0.25, -0.2) is 4.98 Å². The standard InChI is InChI=1S/C10H10BrN3OS/c1-6-13-9(4-10(15)14-6)12-5-8-7(11)2-3-16-8/h2-4H,5H2,1H3,(H2,12,13,14,15). The zero-order chi connectivity index (χ0) is 11.5. The second-order valence-electron chi connectivity index (χ2n) is 3.26. The Morgan fingerprint density at radius 2 is 2.44 bits per heavy atom. The molecule has 0 spiro atoms. The highest BCUT2D eigenvalue weighted by molar-refractivity contribution is 9.10. The van der Waals surface area contributed by atoms with Crippen LogP contribution in [0, 0.1) is 6.92 Å². The van der Waals surface area contributed by atoms with Gasteiger partial charge in [-0.2, -0.15) is 0 Å². The van der Waals surface area contributed by atoms with Crippen LogP contribution in [0.4, 0.5) is 5.82 Å². The Morgan fingerprint density at radius 1 is 1.62 bits per heavy atom. The van der Waals surface area contributed by atoms with E-state index in [2.05, 4.69) is 31.2 Å². The number of hydrogen-bond donors (Lipinski definition) is 2. The highest BCUT2D eigenvalue weighted by atomic mass is 79.9. The highest BCUT2D eigenvalue weighted by Gasteiger charge is 2.02. The summed E-state index contributed by atoms with van der Waals surface area (Å²) in [6.45, 7) is 2.42. The molecular weight excluding hydrogens is 290 g/mol. The summed E-state index contributed by atoms with van der Waals surface area (Å²) in [5, 5.41) is 5.13. The van der Waals surface area contributed by atoms with Gasteiger partial charge in [0.25, 0.3) is 5.56 Å². The molecule has 84 valence electrons. The molecule has 0 atom stereocenters. The molecule has 0 saturated heterocycles. The topological polar surface area (TPSA) is 57.8 Å². The van der Waals surface area contributed by atoms with E-state index in [-0.39, 0.29) is 5.56 Å². The quantitative estimate of drug-likeness (QED) is 0.915. The number of anilines is 1. The Kier molecular flexibility index (Phi) is 3.40. The fraction of sp³-hybridized carbons (Fsp3) is 0.200. The molecule has 2 heterocycles. The lowest BCUT2D eigenvalue weighted by Crippen LogP contribution is -2.11. The molecule has 0 radical (unpaired) electrons. The summed E-state index contributed by atoms with van der Waals surface area (Å²) < 4.78 is 1.08. The van der Waals surface area contributed by atoms with Crippen LogP contribution in [0.1, 0.15) is 10.7 Å². The number of aromatic amines is 1. The van der Waals surface area contributed by atoms with Crippen molar-refractivity contribution in [1.29, 1.82) is 0 Å². The molecule has 0 aliphatic heterocycles. The van der Waals surface area contributed by atoms with E-state index in [9.17, 15) is 4.79 Å². The Bertz CT molecular complexity index is 549. The summed E-state index contributed by atoms with van der Waals surface area (Å²) in [5.74, 6) is 1.21. The van der Waals surface area contributed by atoms with Crippen molar-refractivity contribution in [2.24, 2.45) is 0 Å². The SMILES string of the molecule is Cc1nc(NCc2sccc2Br)cc(=O)[nH]1. The molecule has 0 unspecified atom stereocenters. The van der Waals surface area contributed by atoms with E-state index in [0.717, 1.165) is 4.47 Å². The van der Waals surface area contributed by atoms with Gasteiger partial charge in [-0.3, -0.25) is 4.79 Å². The average molecular weight is 300 g/mol. The van der Waals surface area contributed by atoms with Crippen LogP contribution in [-0.4, -0.2) is 9.97 Å². The summed E-state index contributed by atoms with van der Waals surface area (Å²) in [6.07, 6.45) is 0. The van der Waals surface area contributed by atoms with Crippen molar-refractivity contribution in [3.8, 4) is 0 Å². The van der Waals surface area contributed by atoms with Crippen molar-refractivity contribution in [2.45, 2.75) is 13.5 Å². The number of hydrogen-bond acceptors (Lipinski definition) is 4. The highest BCUT2D eigenvalue weighted by Crippen LogP contribution is 2.23. The van der Waals surface area contributed by atoms with Crippen molar-refractivity contribution in [1.82, 2.24) is 9.97 Å². The molecule has 0 aliphatic carbocycles. The van der Waals surface area contributed by atoms with Crippen molar-refractivity contribution in [2.75, 3.05) is 5.32 Å². The molecule has 0 fully saturated rings. The second kappa shape index (κ2) is 4.80. The molecule has 0 saturated carbocycles. The van der Waals surface area contributed by atoms with Gasteiger partial charge in [0.05, 0.1) is 6.54 Å². The summed E-state index contributed by atoms with van der Waals surface area (Å²) in [7, 11) is 0. The summed E-state index contributed by atoms with van der Waals surface area (Å²) in [5.41, 5.74) is -0.139. The normalized spacial score (nSPS) is 10.4. The van der Waals surface area contributed by atoms with Gasteiger partial charge in [-0.05, 0) is 34.3 Å². The van der Waals surface area contributed by atoms with E-state index < -0.39 is 0 Å². The van der Waals surface area contributed by atoms with E-state index in [4.69, 9.17) is 0 Å². The fourth-order valence-electron chi connectivity index (χ4n) is 1.29. The molecule has 0 bridgehead atoms. The zero-order valence-electron chi connectivity index (χ0n) is 8.58. The lowest BCUT2D eigenvalue weighted by molar-refractivity contribution is 1.00. The van der Waals surface area contributed by atoms with Crippen LogP contribution in [0.3, 0.4) is 0 Å². The van der Waals surface area contributed by atoms with E-state index in [1.54, 1.807) is 18.3 Å². The molecule has 2 aromatic heterocycles. The maximum absolute atomic E-state index is 11.2. The van der Waals surface area contributed by atoms with Gasteiger partial charge in [0.15, 0.2) is 0 Å². The van der Waals surface area contributed by atoms with Crippen LogP contribution in [-0.2, 0) is 6.54 Å². The maximum atomic E-state index is 11.2. The van der Waals surface area contributed by atoms with Gasteiger partial charge in [0.2, 0.25) is 0 Å². The fourth-order valence-corrected chi connectivity index (χ4v) is 2.72. The van der Waals surface area contributed by atoms with Crippen molar-refractivity contribution >= 4 is 33.1 Å². The van der Waals surface area contributed by atoms with Gasteiger partial charge in [0.1, 0.15) is 11.6 Å². The largest absolute Gasteiger partial charge is 0.365 e. The number of aryl methyl sites for hydroxylation is 1. The van der Waals surface area contributed by atoms with Crippen LogP contribution >= 0.6 is 27.3 Å². The Balaban J connectivity index is 2.10. The summed E-state index contributed by atoms with van der Waals surface area (Å²) in [4.78, 5) is 19.2. The van der Waals surface area contributed by atoms with Crippen LogP contribution in [0.2, 0.25) is 0 Å². The minimum atomic E-state index is -0.139.